The lowest BCUT2D eigenvalue weighted by molar-refractivity contribution is 0.414. The Hall–Kier alpha value is -2.55. The molecule has 0 aliphatic heterocycles. The number of aromatic nitrogens is 1. The minimum Gasteiger partial charge on any atom is -0.497 e. The summed E-state index contributed by atoms with van der Waals surface area (Å²) in [7, 11) is 1.65. The summed E-state index contributed by atoms with van der Waals surface area (Å²) >= 11 is 0. The third-order valence-corrected chi connectivity index (χ3v) is 3.36. The van der Waals surface area contributed by atoms with Crippen molar-refractivity contribution >= 4 is 10.8 Å². The van der Waals surface area contributed by atoms with E-state index in [-0.39, 0.29) is 5.56 Å². The zero-order chi connectivity index (χ0) is 13.9. The van der Waals surface area contributed by atoms with Crippen molar-refractivity contribution in [1.29, 1.82) is 0 Å². The van der Waals surface area contributed by atoms with Gasteiger partial charge in [0.25, 0.3) is 5.56 Å². The van der Waals surface area contributed by atoms with Gasteiger partial charge in [0.2, 0.25) is 0 Å². The fraction of sp³-hybridized carbons (Fsp3) is 0.118. The van der Waals surface area contributed by atoms with Crippen LogP contribution in [0.1, 0.15) is 11.3 Å². The first-order valence-electron chi connectivity index (χ1n) is 6.50. The van der Waals surface area contributed by atoms with E-state index in [9.17, 15) is 4.79 Å². The van der Waals surface area contributed by atoms with Crippen molar-refractivity contribution in [2.24, 2.45) is 0 Å². The molecule has 3 nitrogen and oxygen atoms in total. The van der Waals surface area contributed by atoms with Crippen LogP contribution in [0.4, 0.5) is 0 Å². The molecule has 0 spiro atoms. The molecule has 0 radical (unpaired) electrons. The van der Waals surface area contributed by atoms with Crippen molar-refractivity contribution in [3.05, 3.63) is 76.2 Å². The molecule has 1 N–H and O–H groups in total. The summed E-state index contributed by atoms with van der Waals surface area (Å²) < 4.78 is 5.14. The van der Waals surface area contributed by atoms with E-state index in [1.54, 1.807) is 7.11 Å². The van der Waals surface area contributed by atoms with Gasteiger partial charge in [-0.05, 0) is 35.2 Å². The molecule has 0 fully saturated rings. The molecule has 0 aliphatic carbocycles. The maximum atomic E-state index is 12.0. The van der Waals surface area contributed by atoms with Gasteiger partial charge in [0.15, 0.2) is 0 Å². The molecule has 2 aromatic carbocycles. The highest BCUT2D eigenvalue weighted by Crippen LogP contribution is 2.15. The van der Waals surface area contributed by atoms with E-state index in [1.807, 2.05) is 54.6 Å². The number of nitrogens with one attached hydrogen (secondary N) is 1. The standard InChI is InChI=1S/C17H15NO2/c1-20-15-8-6-12(7-9-15)10-14-11-13-4-2-3-5-16(13)17(19)18-14/h2-9,11H,10H2,1H3,(H,18,19). The number of benzene rings is 2. The molecule has 1 aromatic heterocycles. The first-order chi connectivity index (χ1) is 9.76. The first-order valence-corrected chi connectivity index (χ1v) is 6.50. The van der Waals surface area contributed by atoms with E-state index in [0.717, 1.165) is 27.8 Å². The maximum absolute atomic E-state index is 12.0. The molecule has 0 aliphatic rings. The summed E-state index contributed by atoms with van der Waals surface area (Å²) in [5.74, 6) is 0.834. The molecule has 0 atom stereocenters. The van der Waals surface area contributed by atoms with Crippen molar-refractivity contribution in [1.82, 2.24) is 4.98 Å². The van der Waals surface area contributed by atoms with Crippen LogP contribution in [0.15, 0.2) is 59.4 Å². The fourth-order valence-electron chi connectivity index (χ4n) is 2.33. The van der Waals surface area contributed by atoms with Gasteiger partial charge in [-0.15, -0.1) is 0 Å². The van der Waals surface area contributed by atoms with E-state index in [0.29, 0.717) is 6.42 Å². The molecular weight excluding hydrogens is 250 g/mol. The number of H-pyrrole nitrogens is 1. The summed E-state index contributed by atoms with van der Waals surface area (Å²) in [6.07, 6.45) is 0.698. The molecule has 3 heteroatoms. The number of rotatable bonds is 3. The summed E-state index contributed by atoms with van der Waals surface area (Å²) in [5, 5.41) is 1.70. The molecule has 0 unspecified atom stereocenters. The van der Waals surface area contributed by atoms with Crippen LogP contribution in [-0.2, 0) is 6.42 Å². The Kier molecular flexibility index (Phi) is 3.25. The van der Waals surface area contributed by atoms with Gasteiger partial charge >= 0.3 is 0 Å². The maximum Gasteiger partial charge on any atom is 0.256 e. The predicted octanol–water partition coefficient (Wildman–Crippen LogP) is 3.13. The minimum absolute atomic E-state index is 0.0355. The van der Waals surface area contributed by atoms with Gasteiger partial charge in [0.1, 0.15) is 5.75 Å². The zero-order valence-corrected chi connectivity index (χ0v) is 11.2. The SMILES string of the molecule is COc1ccc(Cc2cc3ccccc3c(=O)[nH]2)cc1. The van der Waals surface area contributed by atoms with E-state index in [1.165, 1.54) is 0 Å². The third kappa shape index (κ3) is 2.43. The number of hydrogen-bond donors (Lipinski definition) is 1. The van der Waals surface area contributed by atoms with E-state index < -0.39 is 0 Å². The molecule has 100 valence electrons. The molecule has 3 rings (SSSR count). The van der Waals surface area contributed by atoms with Crippen molar-refractivity contribution < 1.29 is 4.74 Å². The van der Waals surface area contributed by atoms with Crippen molar-refractivity contribution in [3.63, 3.8) is 0 Å². The average Bonchev–Trinajstić information content (AvgIpc) is 2.48. The lowest BCUT2D eigenvalue weighted by Gasteiger charge is -2.05. The van der Waals surface area contributed by atoms with Gasteiger partial charge in [-0.1, -0.05) is 30.3 Å². The lowest BCUT2D eigenvalue weighted by atomic mass is 10.1. The second-order valence-corrected chi connectivity index (χ2v) is 4.74. The summed E-state index contributed by atoms with van der Waals surface area (Å²) in [6, 6.07) is 17.5. The molecule has 1 heterocycles. The average molecular weight is 265 g/mol. The number of hydrogen-bond acceptors (Lipinski definition) is 2. The highest BCUT2D eigenvalue weighted by Gasteiger charge is 2.03. The number of pyridine rings is 1. The number of ether oxygens (including phenoxy) is 1. The van der Waals surface area contributed by atoms with Gasteiger partial charge in [-0.2, -0.15) is 0 Å². The molecule has 0 amide bonds. The van der Waals surface area contributed by atoms with Crippen molar-refractivity contribution in [3.8, 4) is 5.75 Å². The molecule has 20 heavy (non-hydrogen) atoms. The van der Waals surface area contributed by atoms with Crippen LogP contribution in [0.2, 0.25) is 0 Å². The van der Waals surface area contributed by atoms with E-state index >= 15 is 0 Å². The Morgan fingerprint density at radius 3 is 2.55 bits per heavy atom. The Morgan fingerprint density at radius 1 is 1.05 bits per heavy atom. The van der Waals surface area contributed by atoms with E-state index in [2.05, 4.69) is 4.98 Å². The van der Waals surface area contributed by atoms with Gasteiger partial charge in [0, 0.05) is 17.5 Å². The number of aromatic amines is 1. The van der Waals surface area contributed by atoms with Crippen LogP contribution in [0.5, 0.6) is 5.75 Å². The Labute approximate surface area is 116 Å². The Morgan fingerprint density at radius 2 is 1.80 bits per heavy atom. The fourth-order valence-corrected chi connectivity index (χ4v) is 2.33. The zero-order valence-electron chi connectivity index (χ0n) is 11.2. The van der Waals surface area contributed by atoms with E-state index in [4.69, 9.17) is 4.74 Å². The molecule has 3 aromatic rings. The lowest BCUT2D eigenvalue weighted by Crippen LogP contribution is -2.09. The van der Waals surface area contributed by atoms with Crippen LogP contribution < -0.4 is 10.3 Å². The minimum atomic E-state index is -0.0355. The van der Waals surface area contributed by atoms with Crippen LogP contribution in [0.25, 0.3) is 10.8 Å². The summed E-state index contributed by atoms with van der Waals surface area (Å²) in [4.78, 5) is 15.0. The monoisotopic (exact) mass is 265 g/mol. The van der Waals surface area contributed by atoms with Crippen molar-refractivity contribution in [2.45, 2.75) is 6.42 Å². The predicted molar refractivity (Wildman–Crippen MR) is 80.4 cm³/mol. The smallest absolute Gasteiger partial charge is 0.256 e. The second kappa shape index (κ2) is 5.21. The first kappa shape index (κ1) is 12.5. The van der Waals surface area contributed by atoms with Crippen LogP contribution in [0, 0.1) is 0 Å². The molecule has 0 bridgehead atoms. The molecule has 0 saturated carbocycles. The third-order valence-electron chi connectivity index (χ3n) is 3.36. The quantitative estimate of drug-likeness (QED) is 0.790. The topological polar surface area (TPSA) is 42.1 Å². The number of methoxy groups -OCH3 is 1. The summed E-state index contributed by atoms with van der Waals surface area (Å²) in [6.45, 7) is 0. The van der Waals surface area contributed by atoms with Crippen LogP contribution in [-0.4, -0.2) is 12.1 Å². The van der Waals surface area contributed by atoms with Crippen molar-refractivity contribution in [2.75, 3.05) is 7.11 Å². The van der Waals surface area contributed by atoms with Gasteiger partial charge in [-0.3, -0.25) is 4.79 Å². The summed E-state index contributed by atoms with van der Waals surface area (Å²) in [5.41, 5.74) is 2.02. The van der Waals surface area contributed by atoms with Crippen LogP contribution >= 0.6 is 0 Å². The van der Waals surface area contributed by atoms with Crippen LogP contribution in [0.3, 0.4) is 0 Å². The Bertz CT molecular complexity index is 788. The highest BCUT2D eigenvalue weighted by atomic mass is 16.5. The largest absolute Gasteiger partial charge is 0.497 e. The molecule has 0 saturated heterocycles. The Balaban J connectivity index is 1.96. The van der Waals surface area contributed by atoms with Gasteiger partial charge in [0.05, 0.1) is 7.11 Å². The molecular formula is C17H15NO2. The normalized spacial score (nSPS) is 10.7. The second-order valence-electron chi connectivity index (χ2n) is 4.74. The van der Waals surface area contributed by atoms with Gasteiger partial charge in [-0.25, -0.2) is 0 Å². The van der Waals surface area contributed by atoms with Gasteiger partial charge < -0.3 is 9.72 Å². The highest BCUT2D eigenvalue weighted by molar-refractivity contribution is 5.81. The number of fused-ring (bicyclic) bond motifs is 1.